The predicted octanol–water partition coefficient (Wildman–Crippen LogP) is 4.06. The third-order valence-corrected chi connectivity index (χ3v) is 7.67. The monoisotopic (exact) mass is 439 g/mol. The van der Waals surface area contributed by atoms with Crippen molar-refractivity contribution in [3.63, 3.8) is 0 Å². The van der Waals surface area contributed by atoms with Crippen LogP contribution in [0.2, 0.25) is 0 Å². The van der Waals surface area contributed by atoms with Gasteiger partial charge >= 0.3 is 0 Å². The predicted molar refractivity (Wildman–Crippen MR) is 120 cm³/mol. The molecule has 8 heteroatoms. The fourth-order valence-corrected chi connectivity index (χ4v) is 5.86. The van der Waals surface area contributed by atoms with Gasteiger partial charge in [-0.05, 0) is 50.1 Å². The molecule has 0 saturated carbocycles. The molecule has 1 unspecified atom stereocenters. The van der Waals surface area contributed by atoms with E-state index in [1.807, 2.05) is 31.2 Å². The number of anilines is 1. The largest absolute Gasteiger partial charge is 0.495 e. The minimum atomic E-state index is -3.80. The van der Waals surface area contributed by atoms with E-state index < -0.39 is 15.9 Å². The summed E-state index contributed by atoms with van der Waals surface area (Å²) in [6.07, 6.45) is 4.30. The Morgan fingerprint density at radius 1 is 1.16 bits per heavy atom. The molecule has 1 aromatic heterocycles. The number of nitrogens with zero attached hydrogens (tertiary/aromatic N) is 2. The van der Waals surface area contributed by atoms with Crippen LogP contribution in [0.4, 0.5) is 5.69 Å². The SMILES string of the molecule is COc1ccc(C(=O)Nc2cccc3cccnc23)cc1S(=O)(=O)N1CCCCC1C. The molecule has 1 aliphatic heterocycles. The van der Waals surface area contributed by atoms with E-state index in [2.05, 4.69) is 10.3 Å². The summed E-state index contributed by atoms with van der Waals surface area (Å²) in [7, 11) is -2.38. The molecule has 1 N–H and O–H groups in total. The number of carbonyl (C=O) groups excluding carboxylic acids is 1. The fourth-order valence-electron chi connectivity index (χ4n) is 3.97. The summed E-state index contributed by atoms with van der Waals surface area (Å²) >= 11 is 0. The number of methoxy groups -OCH3 is 1. The van der Waals surface area contributed by atoms with Crippen molar-refractivity contribution >= 4 is 32.5 Å². The number of amides is 1. The molecule has 4 rings (SSSR count). The number of nitrogens with one attached hydrogen (secondary N) is 1. The molecule has 162 valence electrons. The highest BCUT2D eigenvalue weighted by Gasteiger charge is 2.33. The second-order valence-corrected chi connectivity index (χ2v) is 9.52. The van der Waals surface area contributed by atoms with E-state index in [-0.39, 0.29) is 22.3 Å². The highest BCUT2D eigenvalue weighted by molar-refractivity contribution is 7.89. The molecule has 0 aliphatic carbocycles. The maximum Gasteiger partial charge on any atom is 0.255 e. The summed E-state index contributed by atoms with van der Waals surface area (Å²) in [5.74, 6) is -0.190. The lowest BCUT2D eigenvalue weighted by Crippen LogP contribution is -2.42. The number of rotatable bonds is 5. The number of sulfonamides is 1. The van der Waals surface area contributed by atoms with E-state index >= 15 is 0 Å². The highest BCUT2D eigenvalue weighted by Crippen LogP contribution is 2.32. The molecular weight excluding hydrogens is 414 g/mol. The number of ether oxygens (including phenoxy) is 1. The van der Waals surface area contributed by atoms with Gasteiger partial charge < -0.3 is 10.1 Å². The Bertz CT molecular complexity index is 1220. The fraction of sp³-hybridized carbons (Fsp3) is 0.304. The maximum atomic E-state index is 13.4. The Hall–Kier alpha value is -2.97. The first-order valence-electron chi connectivity index (χ1n) is 10.3. The van der Waals surface area contributed by atoms with Gasteiger partial charge in [0.2, 0.25) is 10.0 Å². The molecule has 1 fully saturated rings. The second-order valence-electron chi connectivity index (χ2n) is 7.66. The van der Waals surface area contributed by atoms with Crippen molar-refractivity contribution in [3.8, 4) is 5.75 Å². The van der Waals surface area contributed by atoms with E-state index in [0.29, 0.717) is 17.7 Å². The molecule has 0 bridgehead atoms. The van der Waals surface area contributed by atoms with Crippen molar-refractivity contribution in [1.29, 1.82) is 0 Å². The summed E-state index contributed by atoms with van der Waals surface area (Å²) in [5, 5.41) is 3.76. The zero-order valence-corrected chi connectivity index (χ0v) is 18.4. The van der Waals surface area contributed by atoms with E-state index in [1.54, 1.807) is 18.3 Å². The van der Waals surface area contributed by atoms with Crippen molar-refractivity contribution in [2.45, 2.75) is 37.1 Å². The Kier molecular flexibility index (Phi) is 5.93. The average Bonchev–Trinajstić information content (AvgIpc) is 2.79. The molecule has 1 aliphatic rings. The maximum absolute atomic E-state index is 13.4. The molecule has 0 spiro atoms. The van der Waals surface area contributed by atoms with Crippen LogP contribution in [0.5, 0.6) is 5.75 Å². The Morgan fingerprint density at radius 2 is 1.97 bits per heavy atom. The van der Waals surface area contributed by atoms with E-state index in [4.69, 9.17) is 4.74 Å². The minimum Gasteiger partial charge on any atom is -0.495 e. The first-order valence-corrected chi connectivity index (χ1v) is 11.7. The summed E-state index contributed by atoms with van der Waals surface area (Å²) in [5.41, 5.74) is 1.46. The van der Waals surface area contributed by atoms with E-state index in [9.17, 15) is 13.2 Å². The van der Waals surface area contributed by atoms with Crippen LogP contribution in [0.15, 0.2) is 59.6 Å². The zero-order chi connectivity index (χ0) is 22.0. The Labute approximate surface area is 182 Å². The molecular formula is C23H25N3O4S. The van der Waals surface area contributed by atoms with Crippen LogP contribution in [0.3, 0.4) is 0 Å². The standard InChI is InChI=1S/C23H25N3O4S/c1-16-7-3-4-14-26(16)31(28,29)21-15-18(11-12-20(21)30-2)23(27)25-19-10-5-8-17-9-6-13-24-22(17)19/h5-6,8-13,15-16H,3-4,7,14H2,1-2H3,(H,25,27). The normalized spacial score (nSPS) is 17.4. The molecule has 2 heterocycles. The van der Waals surface area contributed by atoms with Gasteiger partial charge in [-0.25, -0.2) is 8.42 Å². The first-order chi connectivity index (χ1) is 14.9. The number of pyridine rings is 1. The van der Waals surface area contributed by atoms with Crippen molar-refractivity contribution in [3.05, 3.63) is 60.3 Å². The number of carbonyl (C=O) groups is 1. The summed E-state index contributed by atoms with van der Waals surface area (Å²) in [6.45, 7) is 2.37. The Balaban J connectivity index is 1.69. The smallest absolute Gasteiger partial charge is 0.255 e. The number of aromatic nitrogens is 1. The van der Waals surface area contributed by atoms with Crippen molar-refractivity contribution in [2.24, 2.45) is 0 Å². The summed E-state index contributed by atoms with van der Waals surface area (Å²) in [6, 6.07) is 13.6. The van der Waals surface area contributed by atoms with Gasteiger partial charge in [0.25, 0.3) is 5.91 Å². The number of hydrogen-bond donors (Lipinski definition) is 1. The quantitative estimate of drug-likeness (QED) is 0.648. The molecule has 1 atom stereocenters. The van der Waals surface area contributed by atoms with Gasteiger partial charge in [-0.1, -0.05) is 24.6 Å². The van der Waals surface area contributed by atoms with Gasteiger partial charge in [0, 0.05) is 29.7 Å². The van der Waals surface area contributed by atoms with Crippen LogP contribution in [0.1, 0.15) is 36.5 Å². The van der Waals surface area contributed by atoms with Gasteiger partial charge in [-0.2, -0.15) is 4.31 Å². The number of fused-ring (bicyclic) bond motifs is 1. The van der Waals surface area contributed by atoms with Crippen LogP contribution in [-0.4, -0.2) is 43.3 Å². The summed E-state index contributed by atoms with van der Waals surface area (Å²) in [4.78, 5) is 17.3. The van der Waals surface area contributed by atoms with Gasteiger partial charge in [-0.15, -0.1) is 0 Å². The van der Waals surface area contributed by atoms with Crippen molar-refractivity contribution < 1.29 is 17.9 Å². The number of hydrogen-bond acceptors (Lipinski definition) is 5. The van der Waals surface area contributed by atoms with Crippen LogP contribution in [-0.2, 0) is 10.0 Å². The third kappa shape index (κ3) is 4.13. The van der Waals surface area contributed by atoms with Crippen LogP contribution in [0, 0.1) is 0 Å². The molecule has 3 aromatic rings. The van der Waals surface area contributed by atoms with Crippen molar-refractivity contribution in [1.82, 2.24) is 9.29 Å². The third-order valence-electron chi connectivity index (χ3n) is 5.64. The molecule has 7 nitrogen and oxygen atoms in total. The van der Waals surface area contributed by atoms with E-state index in [0.717, 1.165) is 24.6 Å². The van der Waals surface area contributed by atoms with Crippen LogP contribution < -0.4 is 10.1 Å². The first kappa shape index (κ1) is 21.3. The molecule has 1 amide bonds. The zero-order valence-electron chi connectivity index (χ0n) is 17.5. The summed E-state index contributed by atoms with van der Waals surface area (Å²) < 4.78 is 33.6. The molecule has 31 heavy (non-hydrogen) atoms. The lowest BCUT2D eigenvalue weighted by atomic mass is 10.1. The van der Waals surface area contributed by atoms with Crippen LogP contribution in [0.25, 0.3) is 10.9 Å². The molecule has 2 aromatic carbocycles. The topological polar surface area (TPSA) is 88.6 Å². The Morgan fingerprint density at radius 3 is 2.74 bits per heavy atom. The molecule has 0 radical (unpaired) electrons. The lowest BCUT2D eigenvalue weighted by Gasteiger charge is -2.32. The lowest BCUT2D eigenvalue weighted by molar-refractivity contribution is 0.102. The number of piperidine rings is 1. The van der Waals surface area contributed by atoms with Gasteiger partial charge in [0.05, 0.1) is 18.3 Å². The highest BCUT2D eigenvalue weighted by atomic mass is 32.2. The van der Waals surface area contributed by atoms with Crippen LogP contribution >= 0.6 is 0 Å². The van der Waals surface area contributed by atoms with Crippen molar-refractivity contribution in [2.75, 3.05) is 19.0 Å². The average molecular weight is 440 g/mol. The van der Waals surface area contributed by atoms with Gasteiger partial charge in [0.15, 0.2) is 0 Å². The van der Waals surface area contributed by atoms with E-state index in [1.165, 1.54) is 23.5 Å². The minimum absolute atomic E-state index is 0.00689. The number of benzene rings is 2. The molecule has 1 saturated heterocycles. The second kappa shape index (κ2) is 8.64. The number of para-hydroxylation sites is 1. The van der Waals surface area contributed by atoms with Gasteiger partial charge in [-0.3, -0.25) is 9.78 Å². The van der Waals surface area contributed by atoms with Gasteiger partial charge in [0.1, 0.15) is 10.6 Å².